The van der Waals surface area contributed by atoms with Gasteiger partial charge in [0.05, 0.1) is 11.3 Å². The number of thiazole rings is 1. The predicted octanol–water partition coefficient (Wildman–Crippen LogP) is 5.14. The zero-order chi connectivity index (χ0) is 20.2. The van der Waals surface area contributed by atoms with Gasteiger partial charge in [-0.05, 0) is 30.5 Å². The summed E-state index contributed by atoms with van der Waals surface area (Å²) in [5, 5.41) is 3.87. The molecule has 29 heavy (non-hydrogen) atoms. The van der Waals surface area contributed by atoms with Crippen LogP contribution in [0.4, 0.5) is 0 Å². The van der Waals surface area contributed by atoms with Gasteiger partial charge >= 0.3 is 0 Å². The lowest BCUT2D eigenvalue weighted by Gasteiger charge is -2.34. The molecule has 7 heteroatoms. The minimum absolute atomic E-state index is 0.133. The van der Waals surface area contributed by atoms with Crippen LogP contribution in [0.15, 0.2) is 58.8 Å². The van der Waals surface area contributed by atoms with Crippen molar-refractivity contribution in [2.45, 2.75) is 11.4 Å². The molecule has 0 aliphatic carbocycles. The first-order valence-corrected chi connectivity index (χ1v) is 12.0. The fraction of sp³-hybridized carbons (Fsp3) is 0.273. The minimum Gasteiger partial charge on any atom is -0.336 e. The van der Waals surface area contributed by atoms with Gasteiger partial charge in [-0.3, -0.25) is 9.69 Å². The van der Waals surface area contributed by atoms with E-state index in [1.54, 1.807) is 23.1 Å². The van der Waals surface area contributed by atoms with Gasteiger partial charge in [0.15, 0.2) is 0 Å². The van der Waals surface area contributed by atoms with Crippen molar-refractivity contribution >= 4 is 40.6 Å². The molecule has 0 N–H and O–H groups in total. The molecule has 150 valence electrons. The Hall–Kier alpha value is -1.86. The molecule has 4 rings (SSSR count). The molecule has 0 atom stereocenters. The summed E-state index contributed by atoms with van der Waals surface area (Å²) in [6, 6.07) is 15.6. The molecule has 1 fully saturated rings. The number of thioether (sulfide) groups is 1. The highest BCUT2D eigenvalue weighted by atomic mass is 35.5. The van der Waals surface area contributed by atoms with Crippen molar-refractivity contribution in [1.29, 1.82) is 0 Å². The quantitative estimate of drug-likeness (QED) is 0.511. The zero-order valence-electron chi connectivity index (χ0n) is 16.2. The SMILES string of the molecule is CSc1ccccc1C(=O)N1CCN(Cc2csc(-c3ccc(Cl)cc3)n2)CC1. The fourth-order valence-electron chi connectivity index (χ4n) is 3.43. The zero-order valence-corrected chi connectivity index (χ0v) is 18.6. The van der Waals surface area contributed by atoms with E-state index < -0.39 is 0 Å². The summed E-state index contributed by atoms with van der Waals surface area (Å²) < 4.78 is 0. The molecule has 0 bridgehead atoms. The molecular weight excluding hydrogens is 422 g/mol. The number of benzene rings is 2. The van der Waals surface area contributed by atoms with Crippen molar-refractivity contribution in [3.63, 3.8) is 0 Å². The lowest BCUT2D eigenvalue weighted by molar-refractivity contribution is 0.0624. The van der Waals surface area contributed by atoms with E-state index in [9.17, 15) is 4.79 Å². The molecule has 3 aromatic rings. The molecule has 0 radical (unpaired) electrons. The highest BCUT2D eigenvalue weighted by molar-refractivity contribution is 7.98. The van der Waals surface area contributed by atoms with Crippen LogP contribution in [0.25, 0.3) is 10.6 Å². The van der Waals surface area contributed by atoms with Crippen LogP contribution in [0.3, 0.4) is 0 Å². The smallest absolute Gasteiger partial charge is 0.255 e. The number of hydrogen-bond acceptors (Lipinski definition) is 5. The normalized spacial score (nSPS) is 14.9. The molecule has 2 aromatic carbocycles. The highest BCUT2D eigenvalue weighted by Gasteiger charge is 2.24. The minimum atomic E-state index is 0.133. The molecule has 0 spiro atoms. The molecule has 1 aliphatic heterocycles. The van der Waals surface area contributed by atoms with Gasteiger partial charge in [-0.2, -0.15) is 0 Å². The van der Waals surface area contributed by atoms with Gasteiger partial charge in [-0.25, -0.2) is 4.98 Å². The fourth-order valence-corrected chi connectivity index (χ4v) is 4.97. The maximum absolute atomic E-state index is 12.9. The molecule has 1 saturated heterocycles. The number of rotatable bonds is 5. The van der Waals surface area contributed by atoms with Crippen molar-refractivity contribution in [3.05, 3.63) is 70.2 Å². The van der Waals surface area contributed by atoms with Gasteiger partial charge in [-0.1, -0.05) is 35.9 Å². The largest absolute Gasteiger partial charge is 0.336 e. The Bertz CT molecular complexity index is 982. The topological polar surface area (TPSA) is 36.4 Å². The van der Waals surface area contributed by atoms with E-state index in [2.05, 4.69) is 10.3 Å². The van der Waals surface area contributed by atoms with Gasteiger partial charge in [0.1, 0.15) is 5.01 Å². The van der Waals surface area contributed by atoms with E-state index >= 15 is 0 Å². The first-order valence-electron chi connectivity index (χ1n) is 9.49. The first-order chi connectivity index (χ1) is 14.1. The maximum atomic E-state index is 12.9. The standard InChI is InChI=1S/C22H22ClN3OS2/c1-28-20-5-3-2-4-19(20)22(27)26-12-10-25(11-13-26)14-18-15-29-21(24-18)16-6-8-17(23)9-7-16/h2-9,15H,10-14H2,1H3. The van der Waals surface area contributed by atoms with Crippen LogP contribution in [-0.2, 0) is 6.54 Å². The number of piperazine rings is 1. The van der Waals surface area contributed by atoms with E-state index in [4.69, 9.17) is 16.6 Å². The number of carbonyl (C=O) groups is 1. The van der Waals surface area contributed by atoms with Crippen molar-refractivity contribution in [1.82, 2.24) is 14.8 Å². The van der Waals surface area contributed by atoms with E-state index in [-0.39, 0.29) is 5.91 Å². The third kappa shape index (κ3) is 4.83. The summed E-state index contributed by atoms with van der Waals surface area (Å²) >= 11 is 9.25. The number of carbonyl (C=O) groups excluding carboxylic acids is 1. The summed E-state index contributed by atoms with van der Waals surface area (Å²) in [6.45, 7) is 4.03. The summed E-state index contributed by atoms with van der Waals surface area (Å²) in [4.78, 5) is 23.1. The van der Waals surface area contributed by atoms with Crippen LogP contribution in [0.1, 0.15) is 16.1 Å². The predicted molar refractivity (Wildman–Crippen MR) is 122 cm³/mol. The van der Waals surface area contributed by atoms with Crippen LogP contribution in [-0.4, -0.2) is 53.1 Å². The van der Waals surface area contributed by atoms with Gasteiger partial charge in [0.25, 0.3) is 5.91 Å². The Labute approximate surface area is 184 Å². The number of nitrogens with zero attached hydrogens (tertiary/aromatic N) is 3. The lowest BCUT2D eigenvalue weighted by Crippen LogP contribution is -2.48. The molecule has 1 aliphatic rings. The molecule has 2 heterocycles. The maximum Gasteiger partial charge on any atom is 0.255 e. The molecule has 0 saturated carbocycles. The van der Waals surface area contributed by atoms with Crippen molar-refractivity contribution in [3.8, 4) is 10.6 Å². The molecule has 1 amide bonds. The van der Waals surface area contributed by atoms with Crippen LogP contribution in [0, 0.1) is 0 Å². The third-order valence-electron chi connectivity index (χ3n) is 5.03. The number of amides is 1. The molecule has 4 nitrogen and oxygen atoms in total. The van der Waals surface area contributed by atoms with Crippen molar-refractivity contribution in [2.75, 3.05) is 32.4 Å². The highest BCUT2D eigenvalue weighted by Crippen LogP contribution is 2.26. The van der Waals surface area contributed by atoms with E-state index in [0.29, 0.717) is 0 Å². The Morgan fingerprint density at radius 3 is 2.55 bits per heavy atom. The number of hydrogen-bond donors (Lipinski definition) is 0. The van der Waals surface area contributed by atoms with Gasteiger partial charge < -0.3 is 4.90 Å². The van der Waals surface area contributed by atoms with Crippen LogP contribution < -0.4 is 0 Å². The summed E-state index contributed by atoms with van der Waals surface area (Å²) in [5.74, 6) is 0.133. The first kappa shape index (κ1) is 20.4. The monoisotopic (exact) mass is 443 g/mol. The Morgan fingerprint density at radius 2 is 1.83 bits per heavy atom. The average molecular weight is 444 g/mol. The molecule has 1 aromatic heterocycles. The summed E-state index contributed by atoms with van der Waals surface area (Å²) in [6.07, 6.45) is 2.01. The summed E-state index contributed by atoms with van der Waals surface area (Å²) in [7, 11) is 0. The average Bonchev–Trinajstić information content (AvgIpc) is 3.22. The van der Waals surface area contributed by atoms with E-state index in [1.807, 2.05) is 59.7 Å². The van der Waals surface area contributed by atoms with Crippen molar-refractivity contribution in [2.24, 2.45) is 0 Å². The second-order valence-corrected chi connectivity index (χ2v) is 9.06. The molecule has 0 unspecified atom stereocenters. The van der Waals surface area contributed by atoms with Crippen molar-refractivity contribution < 1.29 is 4.79 Å². The van der Waals surface area contributed by atoms with Crippen LogP contribution in [0.5, 0.6) is 0 Å². The number of halogens is 1. The second-order valence-electron chi connectivity index (χ2n) is 6.92. The summed E-state index contributed by atoms with van der Waals surface area (Å²) in [5.41, 5.74) is 2.97. The molecular formula is C22H22ClN3OS2. The Morgan fingerprint density at radius 1 is 1.10 bits per heavy atom. The van der Waals surface area contributed by atoms with Crippen LogP contribution >= 0.6 is 34.7 Å². The van der Waals surface area contributed by atoms with Gasteiger partial charge in [0, 0.05) is 53.6 Å². The van der Waals surface area contributed by atoms with E-state index in [0.717, 1.165) is 64.5 Å². The van der Waals surface area contributed by atoms with Crippen LogP contribution in [0.2, 0.25) is 5.02 Å². The van der Waals surface area contributed by atoms with Gasteiger partial charge in [0.2, 0.25) is 0 Å². The third-order valence-corrected chi connectivity index (χ3v) is 7.01. The van der Waals surface area contributed by atoms with Gasteiger partial charge in [-0.15, -0.1) is 23.1 Å². The Balaban J connectivity index is 1.34. The second kappa shape index (κ2) is 9.30. The lowest BCUT2D eigenvalue weighted by atomic mass is 10.1. The van der Waals surface area contributed by atoms with E-state index in [1.165, 1.54) is 0 Å². The number of aromatic nitrogens is 1. The Kier molecular flexibility index (Phi) is 6.55.